The van der Waals surface area contributed by atoms with Gasteiger partial charge in [0.15, 0.2) is 0 Å². The van der Waals surface area contributed by atoms with Crippen molar-refractivity contribution in [3.63, 3.8) is 0 Å². The Labute approximate surface area is 128 Å². The average Bonchev–Trinajstić information content (AvgIpc) is 3.17. The minimum absolute atomic E-state index is 0.398. The lowest BCUT2D eigenvalue weighted by Crippen LogP contribution is -2.31. The Kier molecular flexibility index (Phi) is 3.07. The van der Waals surface area contributed by atoms with E-state index >= 15 is 0 Å². The zero-order valence-corrected chi connectivity index (χ0v) is 12.2. The van der Waals surface area contributed by atoms with E-state index in [9.17, 15) is 9.90 Å². The maximum Gasteiger partial charge on any atom is 0.344 e. The third-order valence-corrected chi connectivity index (χ3v) is 4.33. The Morgan fingerprint density at radius 1 is 1.14 bits per heavy atom. The number of anilines is 1. The van der Waals surface area contributed by atoms with Gasteiger partial charge in [-0.05, 0) is 24.1 Å². The number of carboxylic acid groups (broad SMARTS) is 1. The topological polar surface area (TPSA) is 75.8 Å². The Balaban J connectivity index is 2.09. The highest BCUT2D eigenvalue weighted by Crippen LogP contribution is 2.62. The molecule has 0 radical (unpaired) electrons. The van der Waals surface area contributed by atoms with Crippen LogP contribution in [0.5, 0.6) is 0 Å². The van der Waals surface area contributed by atoms with E-state index in [4.69, 9.17) is 10.5 Å². The van der Waals surface area contributed by atoms with E-state index in [2.05, 4.69) is 6.58 Å². The van der Waals surface area contributed by atoms with Crippen LogP contribution in [0.25, 0.3) is 5.57 Å². The second-order valence-electron chi connectivity index (χ2n) is 5.55. The number of para-hydroxylation sites is 1. The number of ether oxygens (including phenoxy) is 1. The fourth-order valence-electron chi connectivity index (χ4n) is 2.96. The fourth-order valence-corrected chi connectivity index (χ4v) is 2.96. The van der Waals surface area contributed by atoms with Gasteiger partial charge in [-0.2, -0.15) is 0 Å². The number of benzene rings is 2. The normalized spacial score (nSPS) is 26.4. The van der Waals surface area contributed by atoms with E-state index in [1.54, 1.807) is 31.2 Å². The van der Waals surface area contributed by atoms with Crippen LogP contribution >= 0.6 is 0 Å². The molecule has 2 aromatic rings. The molecule has 0 unspecified atom stereocenters. The second-order valence-corrected chi connectivity index (χ2v) is 5.55. The molecule has 1 fully saturated rings. The molecule has 0 aliphatic carbocycles. The van der Waals surface area contributed by atoms with Crippen molar-refractivity contribution < 1.29 is 14.6 Å². The molecule has 0 spiro atoms. The van der Waals surface area contributed by atoms with Crippen LogP contribution in [0.3, 0.4) is 0 Å². The van der Waals surface area contributed by atoms with Crippen molar-refractivity contribution in [2.24, 2.45) is 0 Å². The number of aliphatic carboxylic acids is 1. The third kappa shape index (κ3) is 1.77. The number of hydrogen-bond acceptors (Lipinski definition) is 3. The Morgan fingerprint density at radius 2 is 1.73 bits per heavy atom. The number of nitrogens with two attached hydrogens (primary N) is 1. The van der Waals surface area contributed by atoms with E-state index < -0.39 is 17.2 Å². The van der Waals surface area contributed by atoms with E-state index in [0.29, 0.717) is 16.8 Å². The van der Waals surface area contributed by atoms with Crippen molar-refractivity contribution in [1.82, 2.24) is 0 Å². The summed E-state index contributed by atoms with van der Waals surface area (Å²) in [4.78, 5) is 12.0. The van der Waals surface area contributed by atoms with Crippen molar-refractivity contribution in [2.45, 2.75) is 18.1 Å². The van der Waals surface area contributed by atoms with Gasteiger partial charge in [-0.25, -0.2) is 4.79 Å². The molecule has 3 N–H and O–H groups in total. The van der Waals surface area contributed by atoms with Crippen molar-refractivity contribution >= 4 is 17.2 Å². The molecule has 1 aliphatic rings. The Bertz CT molecular complexity index is 756. The molecule has 2 aromatic carbocycles. The van der Waals surface area contributed by atoms with Gasteiger partial charge < -0.3 is 15.6 Å². The highest BCUT2D eigenvalue weighted by Gasteiger charge is 2.75. The van der Waals surface area contributed by atoms with E-state index in [1.165, 1.54) is 0 Å². The predicted molar refractivity (Wildman–Crippen MR) is 85.1 cm³/mol. The summed E-state index contributed by atoms with van der Waals surface area (Å²) in [6.07, 6.45) is 0. The SMILES string of the molecule is C=C(c1ccccc1)[C@@]1(C)O[C@]1(C(=O)O)c1ccccc1N. The van der Waals surface area contributed by atoms with Crippen LogP contribution in [0, 0.1) is 0 Å². The molecule has 112 valence electrons. The van der Waals surface area contributed by atoms with Crippen molar-refractivity contribution in [3.8, 4) is 0 Å². The van der Waals surface area contributed by atoms with Crippen LogP contribution in [0.2, 0.25) is 0 Å². The van der Waals surface area contributed by atoms with Crippen LogP contribution in [0.15, 0.2) is 61.2 Å². The molecule has 1 saturated heterocycles. The summed E-state index contributed by atoms with van der Waals surface area (Å²) in [5.41, 5.74) is 5.78. The summed E-state index contributed by atoms with van der Waals surface area (Å²) in [6, 6.07) is 16.3. The molecule has 4 heteroatoms. The van der Waals surface area contributed by atoms with Crippen molar-refractivity contribution in [1.29, 1.82) is 0 Å². The van der Waals surface area contributed by atoms with Gasteiger partial charge in [0.25, 0.3) is 0 Å². The molecular weight excluding hydrogens is 278 g/mol. The second kappa shape index (κ2) is 4.71. The van der Waals surface area contributed by atoms with Gasteiger partial charge in [0.1, 0.15) is 5.60 Å². The van der Waals surface area contributed by atoms with Gasteiger partial charge in [-0.15, -0.1) is 0 Å². The van der Waals surface area contributed by atoms with E-state index in [-0.39, 0.29) is 0 Å². The molecule has 0 saturated carbocycles. The first-order valence-electron chi connectivity index (χ1n) is 6.97. The number of carboxylic acids is 1. The van der Waals surface area contributed by atoms with Crippen LogP contribution in [-0.4, -0.2) is 16.7 Å². The van der Waals surface area contributed by atoms with Gasteiger partial charge in [0.05, 0.1) is 0 Å². The molecule has 2 atom stereocenters. The van der Waals surface area contributed by atoms with Gasteiger partial charge in [-0.3, -0.25) is 0 Å². The largest absolute Gasteiger partial charge is 0.479 e. The van der Waals surface area contributed by atoms with Crippen LogP contribution in [-0.2, 0) is 15.1 Å². The number of epoxide rings is 1. The van der Waals surface area contributed by atoms with Crippen molar-refractivity contribution in [2.75, 3.05) is 5.73 Å². The molecule has 4 nitrogen and oxygen atoms in total. The smallest absolute Gasteiger partial charge is 0.344 e. The molecule has 0 aromatic heterocycles. The standard InChI is InChI=1S/C18H17NO3/c1-12(13-8-4-3-5-9-13)17(2)18(22-17,16(20)21)14-10-6-7-11-15(14)19/h3-11H,1,19H2,2H3,(H,20,21)/t17-,18+/m1/s1. The summed E-state index contributed by atoms with van der Waals surface area (Å²) in [5, 5.41) is 9.79. The Morgan fingerprint density at radius 3 is 2.32 bits per heavy atom. The molecular formula is C18H17NO3. The maximum atomic E-state index is 12.0. The number of hydrogen-bond donors (Lipinski definition) is 2. The summed E-state index contributed by atoms with van der Waals surface area (Å²) in [7, 11) is 0. The highest BCUT2D eigenvalue weighted by atomic mass is 16.7. The summed E-state index contributed by atoms with van der Waals surface area (Å²) < 4.78 is 5.76. The first-order valence-corrected chi connectivity index (χ1v) is 6.97. The number of nitrogen functional groups attached to an aromatic ring is 1. The molecule has 3 rings (SSSR count). The van der Waals surface area contributed by atoms with Gasteiger partial charge in [0.2, 0.25) is 5.60 Å². The van der Waals surface area contributed by atoms with Crippen LogP contribution in [0.1, 0.15) is 18.1 Å². The summed E-state index contributed by atoms with van der Waals surface area (Å²) >= 11 is 0. The maximum absolute atomic E-state index is 12.0. The van der Waals surface area contributed by atoms with Gasteiger partial charge >= 0.3 is 5.97 Å². The molecule has 1 heterocycles. The number of carbonyl (C=O) groups is 1. The van der Waals surface area contributed by atoms with E-state index in [1.807, 2.05) is 30.3 Å². The average molecular weight is 295 g/mol. The van der Waals surface area contributed by atoms with Crippen LogP contribution < -0.4 is 5.73 Å². The van der Waals surface area contributed by atoms with E-state index in [0.717, 1.165) is 5.56 Å². The number of rotatable bonds is 4. The molecule has 0 bridgehead atoms. The zero-order valence-electron chi connectivity index (χ0n) is 12.2. The first-order chi connectivity index (χ1) is 10.4. The lowest BCUT2D eigenvalue weighted by atomic mass is 9.80. The van der Waals surface area contributed by atoms with Gasteiger partial charge in [0, 0.05) is 11.3 Å². The minimum atomic E-state index is -1.49. The van der Waals surface area contributed by atoms with Crippen LogP contribution in [0.4, 0.5) is 5.69 Å². The Hall–Kier alpha value is -2.59. The summed E-state index contributed by atoms with van der Waals surface area (Å²) in [5.74, 6) is -1.06. The lowest BCUT2D eigenvalue weighted by molar-refractivity contribution is -0.143. The lowest BCUT2D eigenvalue weighted by Gasteiger charge is -2.17. The quantitative estimate of drug-likeness (QED) is 0.671. The highest BCUT2D eigenvalue weighted by molar-refractivity contribution is 5.93. The monoisotopic (exact) mass is 295 g/mol. The predicted octanol–water partition coefficient (Wildman–Crippen LogP) is 3.05. The molecule has 0 amide bonds. The van der Waals surface area contributed by atoms with Crippen molar-refractivity contribution in [3.05, 3.63) is 72.3 Å². The minimum Gasteiger partial charge on any atom is -0.479 e. The molecule has 22 heavy (non-hydrogen) atoms. The first kappa shape index (κ1) is 14.4. The van der Waals surface area contributed by atoms with Gasteiger partial charge in [-0.1, -0.05) is 55.1 Å². The zero-order chi connectivity index (χ0) is 16.0. The summed E-state index contributed by atoms with van der Waals surface area (Å²) in [6.45, 7) is 5.80. The fraction of sp³-hybridized carbons (Fsp3) is 0.167. The molecule has 1 aliphatic heterocycles. The third-order valence-electron chi connectivity index (χ3n) is 4.33.